The zero-order valence-electron chi connectivity index (χ0n) is 4.40. The molecule has 8 heavy (non-hydrogen) atoms. The molecule has 0 aromatic heterocycles. The zero-order chi connectivity index (χ0) is 5.70. The van der Waals surface area contributed by atoms with Crippen LogP contribution in [-0.4, -0.2) is 10.8 Å². The minimum absolute atomic E-state index is 0. The number of aliphatic imine (C=N–C) groups is 1. The molecule has 0 aliphatic rings. The molecule has 0 aliphatic carbocycles. The number of hydrogen-bond acceptors (Lipinski definition) is 4. The van der Waals surface area contributed by atoms with Crippen LogP contribution in [-0.2, 0) is 12.6 Å². The number of hydrogen-bond donors (Lipinski definition) is 1. The van der Waals surface area contributed by atoms with Crippen molar-refractivity contribution in [3.05, 3.63) is 0 Å². The van der Waals surface area contributed by atoms with Crippen molar-refractivity contribution < 1.29 is 51.4 Å². The van der Waals surface area contributed by atoms with E-state index in [1.807, 2.05) is 0 Å². The molecule has 2 nitrogen and oxygen atoms in total. The van der Waals surface area contributed by atoms with E-state index in [0.29, 0.717) is 0 Å². The SMILES string of the molecule is N#CN=CC([S-])S.[K+]. The van der Waals surface area contributed by atoms with Gasteiger partial charge in [-0.05, 0) is 0 Å². The smallest absolute Gasteiger partial charge is 0.773 e. The van der Waals surface area contributed by atoms with E-state index in [1.165, 1.54) is 6.21 Å². The van der Waals surface area contributed by atoms with E-state index in [0.717, 1.165) is 0 Å². The second-order valence-electron chi connectivity index (χ2n) is 0.769. The van der Waals surface area contributed by atoms with Gasteiger partial charge in [0.1, 0.15) is 0 Å². The second kappa shape index (κ2) is 8.50. The third-order valence-electron chi connectivity index (χ3n) is 0.260. The Kier molecular flexibility index (Phi) is 13.0. The van der Waals surface area contributed by atoms with Gasteiger partial charge in [-0.1, -0.05) is 4.58 Å². The predicted octanol–water partition coefficient (Wildman–Crippen LogP) is -2.65. The Morgan fingerprint density at radius 3 is 2.50 bits per heavy atom. The molecule has 0 heterocycles. The van der Waals surface area contributed by atoms with Crippen molar-refractivity contribution in [2.45, 2.75) is 4.58 Å². The first kappa shape index (κ1) is 12.2. The fraction of sp³-hybridized carbons (Fsp3) is 0.333. The average Bonchev–Trinajstić information content (AvgIpc) is 1.61. The van der Waals surface area contributed by atoms with Crippen LogP contribution in [0.25, 0.3) is 0 Å². The first-order valence-electron chi connectivity index (χ1n) is 1.53. The Balaban J connectivity index is 0. The van der Waals surface area contributed by atoms with Crippen LogP contribution in [0.2, 0.25) is 0 Å². The van der Waals surface area contributed by atoms with Gasteiger partial charge in [-0.15, -0.1) is 0 Å². The molecule has 1 unspecified atom stereocenters. The molecular weight excluding hydrogens is 167 g/mol. The molecule has 0 rings (SSSR count). The summed E-state index contributed by atoms with van der Waals surface area (Å²) in [5.41, 5.74) is 0. The fourth-order valence-electron chi connectivity index (χ4n) is 0.0971. The summed E-state index contributed by atoms with van der Waals surface area (Å²) in [6.07, 6.45) is 2.84. The van der Waals surface area contributed by atoms with Gasteiger partial charge in [-0.3, -0.25) is 0 Å². The van der Waals surface area contributed by atoms with Gasteiger partial charge in [0.05, 0.1) is 0 Å². The third kappa shape index (κ3) is 10.5. The molecule has 0 aromatic rings. The van der Waals surface area contributed by atoms with Crippen molar-refractivity contribution in [3.63, 3.8) is 0 Å². The van der Waals surface area contributed by atoms with Gasteiger partial charge in [0.15, 0.2) is 0 Å². The fourth-order valence-corrected chi connectivity index (χ4v) is 0.225. The topological polar surface area (TPSA) is 36.1 Å². The monoisotopic (exact) mass is 170 g/mol. The van der Waals surface area contributed by atoms with Crippen LogP contribution in [0, 0.1) is 11.5 Å². The Morgan fingerprint density at radius 1 is 1.88 bits per heavy atom. The normalized spacial score (nSPS) is 12.1. The molecule has 0 fully saturated rings. The maximum atomic E-state index is 7.79. The van der Waals surface area contributed by atoms with Crippen molar-refractivity contribution in [2.75, 3.05) is 0 Å². The number of nitrogens with zero attached hydrogens (tertiary/aromatic N) is 2. The van der Waals surface area contributed by atoms with Crippen LogP contribution in [0.4, 0.5) is 0 Å². The number of rotatable bonds is 1. The summed E-state index contributed by atoms with van der Waals surface area (Å²) >= 11 is 8.25. The maximum Gasteiger partial charge on any atom is 1.00 e. The molecular formula is C3H3KN2S2. The zero-order valence-corrected chi connectivity index (χ0v) is 9.24. The maximum absolute atomic E-state index is 7.79. The van der Waals surface area contributed by atoms with Gasteiger partial charge in [0.2, 0.25) is 6.19 Å². The van der Waals surface area contributed by atoms with Crippen molar-refractivity contribution in [1.82, 2.24) is 0 Å². The largest absolute Gasteiger partial charge is 1.00 e. The molecule has 1 atom stereocenters. The van der Waals surface area contributed by atoms with Gasteiger partial charge < -0.3 is 12.6 Å². The van der Waals surface area contributed by atoms with Crippen LogP contribution in [0.15, 0.2) is 4.99 Å². The summed E-state index contributed by atoms with van der Waals surface area (Å²) in [6.45, 7) is 0. The first-order valence-corrected chi connectivity index (χ1v) is 2.52. The Hall–Kier alpha value is 1.50. The van der Waals surface area contributed by atoms with Crippen LogP contribution in [0.3, 0.4) is 0 Å². The van der Waals surface area contributed by atoms with E-state index in [1.54, 1.807) is 6.19 Å². The summed E-state index contributed by atoms with van der Waals surface area (Å²) in [6, 6.07) is 0. The molecule has 0 aromatic carbocycles. The van der Waals surface area contributed by atoms with Crippen LogP contribution in [0.1, 0.15) is 0 Å². The van der Waals surface area contributed by atoms with Crippen molar-refractivity contribution in [1.29, 1.82) is 5.26 Å². The van der Waals surface area contributed by atoms with Crippen molar-refractivity contribution in [2.24, 2.45) is 4.99 Å². The quantitative estimate of drug-likeness (QED) is 0.153. The van der Waals surface area contributed by atoms with E-state index in [2.05, 4.69) is 30.2 Å². The first-order chi connectivity index (χ1) is 3.27. The minimum atomic E-state index is -0.334. The molecule has 0 N–H and O–H groups in total. The Labute approximate surface area is 102 Å². The third-order valence-corrected chi connectivity index (χ3v) is 0.515. The minimum Gasteiger partial charge on any atom is -0.773 e. The van der Waals surface area contributed by atoms with Crippen LogP contribution >= 0.6 is 12.6 Å². The van der Waals surface area contributed by atoms with E-state index in [4.69, 9.17) is 5.26 Å². The molecule has 0 saturated carbocycles. The Bertz CT molecular complexity index is 106. The summed E-state index contributed by atoms with van der Waals surface area (Å²) in [4.78, 5) is 3.17. The molecule has 0 aliphatic heterocycles. The molecule has 0 bridgehead atoms. The molecule has 38 valence electrons. The van der Waals surface area contributed by atoms with Gasteiger partial charge in [0.25, 0.3) is 0 Å². The predicted molar refractivity (Wildman–Crippen MR) is 34.2 cm³/mol. The summed E-state index contributed by atoms with van der Waals surface area (Å²) in [7, 11) is 0. The number of nitriles is 1. The van der Waals surface area contributed by atoms with E-state index in [-0.39, 0.29) is 56.0 Å². The van der Waals surface area contributed by atoms with Crippen LogP contribution in [0.5, 0.6) is 0 Å². The van der Waals surface area contributed by atoms with Crippen LogP contribution < -0.4 is 51.4 Å². The molecule has 0 spiro atoms. The van der Waals surface area contributed by atoms with E-state index < -0.39 is 0 Å². The van der Waals surface area contributed by atoms with E-state index in [9.17, 15) is 0 Å². The molecule has 5 heteroatoms. The van der Waals surface area contributed by atoms with Gasteiger partial charge in [0, 0.05) is 6.21 Å². The van der Waals surface area contributed by atoms with E-state index >= 15 is 0 Å². The van der Waals surface area contributed by atoms with Crippen molar-refractivity contribution >= 4 is 31.5 Å². The summed E-state index contributed by atoms with van der Waals surface area (Å²) in [5.74, 6) is 0. The molecule has 0 saturated heterocycles. The molecule has 0 amide bonds. The van der Waals surface area contributed by atoms with Gasteiger partial charge >= 0.3 is 51.4 Å². The van der Waals surface area contributed by atoms with Gasteiger partial charge in [-0.25, -0.2) is 0 Å². The standard InChI is InChI=1S/C3H4N2S2.K/c4-2-5-1-3(6)7;/h1,3,6-7H;/q;+1/p-1. The second-order valence-corrected chi connectivity index (χ2v) is 2.18. The van der Waals surface area contributed by atoms with Crippen molar-refractivity contribution in [3.8, 4) is 6.19 Å². The van der Waals surface area contributed by atoms with Gasteiger partial charge in [-0.2, -0.15) is 22.9 Å². The average molecular weight is 170 g/mol. The Morgan fingerprint density at radius 2 is 2.38 bits per heavy atom. The molecule has 0 radical (unpaired) electrons. The summed E-state index contributed by atoms with van der Waals surface area (Å²) in [5, 5.41) is 7.79. The number of thiol groups is 1. The summed E-state index contributed by atoms with van der Waals surface area (Å²) < 4.78 is -0.334.